The van der Waals surface area contributed by atoms with E-state index in [2.05, 4.69) is 10.6 Å². The normalized spacial score (nSPS) is 10.5. The van der Waals surface area contributed by atoms with E-state index in [4.69, 9.17) is 11.5 Å². The molecule has 6 N–H and O–H groups in total. The highest BCUT2D eigenvalue weighted by Gasteiger charge is 2.01. The van der Waals surface area contributed by atoms with Crippen LogP contribution in [0.5, 0.6) is 0 Å². The summed E-state index contributed by atoms with van der Waals surface area (Å²) in [4.78, 5) is 43.8. The topological polar surface area (TPSA) is 144 Å². The van der Waals surface area contributed by atoms with Gasteiger partial charge in [0.1, 0.15) is 0 Å². The molecule has 0 radical (unpaired) electrons. The lowest BCUT2D eigenvalue weighted by molar-refractivity contribution is -0.115. The quantitative estimate of drug-likeness (QED) is 0.532. The number of rotatable bonds is 6. The maximum Gasteiger partial charge on any atom is 0.248 e. The van der Waals surface area contributed by atoms with Crippen molar-refractivity contribution >= 4 is 35.0 Å². The number of carbonyl (C=O) groups is 4. The highest BCUT2D eigenvalue weighted by molar-refractivity contribution is 6.04. The Balaban J connectivity index is 2.59. The molecule has 8 heteroatoms. The lowest BCUT2D eigenvalue weighted by Crippen LogP contribution is -2.12. The molecule has 0 aliphatic carbocycles. The molecule has 0 saturated heterocycles. The summed E-state index contributed by atoms with van der Waals surface area (Å²) in [5.74, 6) is -2.48. The van der Waals surface area contributed by atoms with Crippen LogP contribution in [-0.2, 0) is 19.2 Å². The molecule has 0 atom stereocenters. The van der Waals surface area contributed by atoms with Crippen LogP contribution >= 0.6 is 0 Å². The summed E-state index contributed by atoms with van der Waals surface area (Å²) < 4.78 is 0. The van der Waals surface area contributed by atoms with E-state index >= 15 is 0 Å². The maximum absolute atomic E-state index is 11.4. The van der Waals surface area contributed by atoms with E-state index < -0.39 is 23.6 Å². The van der Waals surface area contributed by atoms with E-state index in [1.54, 1.807) is 24.3 Å². The zero-order valence-corrected chi connectivity index (χ0v) is 11.4. The summed E-state index contributed by atoms with van der Waals surface area (Å²) in [5, 5.41) is 4.99. The van der Waals surface area contributed by atoms with Gasteiger partial charge in [-0.1, -0.05) is 0 Å². The molecule has 1 aromatic rings. The van der Waals surface area contributed by atoms with E-state index in [1.807, 2.05) is 0 Å². The van der Waals surface area contributed by atoms with Crippen LogP contribution in [0.3, 0.4) is 0 Å². The van der Waals surface area contributed by atoms with Crippen molar-refractivity contribution in [1.82, 2.24) is 0 Å². The maximum atomic E-state index is 11.4. The molecule has 8 nitrogen and oxygen atoms in total. The minimum atomic E-state index is -0.725. The minimum absolute atomic E-state index is 0.463. The van der Waals surface area contributed by atoms with Crippen molar-refractivity contribution in [2.24, 2.45) is 11.5 Å². The molecule has 0 aliphatic heterocycles. The number of carbonyl (C=O) groups excluding carboxylic acids is 4. The molecule has 0 bridgehead atoms. The van der Waals surface area contributed by atoms with Gasteiger partial charge in [-0.15, -0.1) is 0 Å². The average molecular weight is 302 g/mol. The Hall–Kier alpha value is -3.42. The Morgan fingerprint density at radius 1 is 0.682 bits per heavy atom. The third kappa shape index (κ3) is 6.66. The monoisotopic (exact) mass is 302 g/mol. The Labute approximate surface area is 125 Å². The van der Waals surface area contributed by atoms with Crippen molar-refractivity contribution in [3.05, 3.63) is 48.6 Å². The van der Waals surface area contributed by atoms with Gasteiger partial charge in [0.25, 0.3) is 0 Å². The van der Waals surface area contributed by atoms with E-state index in [0.29, 0.717) is 11.4 Å². The van der Waals surface area contributed by atoms with Crippen molar-refractivity contribution in [2.75, 3.05) is 10.6 Å². The summed E-state index contributed by atoms with van der Waals surface area (Å²) >= 11 is 0. The fourth-order valence-electron chi connectivity index (χ4n) is 1.32. The van der Waals surface area contributed by atoms with Gasteiger partial charge in [0, 0.05) is 35.7 Å². The first-order valence-electron chi connectivity index (χ1n) is 6.04. The lowest BCUT2D eigenvalue weighted by Gasteiger charge is -2.05. The number of hydrogen-bond acceptors (Lipinski definition) is 4. The van der Waals surface area contributed by atoms with Crippen LogP contribution in [0.4, 0.5) is 11.4 Å². The predicted octanol–water partition coefficient (Wildman–Crippen LogP) is -0.353. The highest BCUT2D eigenvalue weighted by atomic mass is 16.2. The molecule has 0 aromatic heterocycles. The number of amides is 4. The van der Waals surface area contributed by atoms with Crippen molar-refractivity contribution in [2.45, 2.75) is 0 Å². The number of anilines is 2. The van der Waals surface area contributed by atoms with Crippen LogP contribution in [-0.4, -0.2) is 23.6 Å². The molecular formula is C14H14N4O4. The molecular weight excluding hydrogens is 288 g/mol. The SMILES string of the molecule is NC(=O)/C=C\C(=O)Nc1ccc(NC(=O)/C=C\C(N)=O)cc1. The lowest BCUT2D eigenvalue weighted by atomic mass is 10.2. The first kappa shape index (κ1) is 16.6. The van der Waals surface area contributed by atoms with Crippen molar-refractivity contribution in [3.8, 4) is 0 Å². The smallest absolute Gasteiger partial charge is 0.248 e. The zero-order chi connectivity index (χ0) is 16.5. The number of nitrogens with two attached hydrogens (primary N) is 2. The second-order valence-corrected chi connectivity index (χ2v) is 4.03. The molecule has 4 amide bonds. The van der Waals surface area contributed by atoms with Crippen molar-refractivity contribution in [1.29, 1.82) is 0 Å². The predicted molar refractivity (Wildman–Crippen MR) is 80.4 cm³/mol. The third-order valence-electron chi connectivity index (χ3n) is 2.22. The second-order valence-electron chi connectivity index (χ2n) is 4.03. The largest absolute Gasteiger partial charge is 0.366 e. The summed E-state index contributed by atoms with van der Waals surface area (Å²) in [7, 11) is 0. The molecule has 0 aliphatic rings. The van der Waals surface area contributed by atoms with Gasteiger partial charge in [0.05, 0.1) is 0 Å². The Bertz CT molecular complexity index is 590. The minimum Gasteiger partial charge on any atom is -0.366 e. The summed E-state index contributed by atoms with van der Waals surface area (Å²) in [6.45, 7) is 0. The Morgan fingerprint density at radius 3 is 1.27 bits per heavy atom. The number of hydrogen-bond donors (Lipinski definition) is 4. The second kappa shape index (κ2) is 8.00. The first-order chi connectivity index (χ1) is 10.4. The van der Waals surface area contributed by atoms with Crippen molar-refractivity contribution < 1.29 is 19.2 Å². The fourth-order valence-corrected chi connectivity index (χ4v) is 1.32. The van der Waals surface area contributed by atoms with Crippen LogP contribution in [0.25, 0.3) is 0 Å². The van der Waals surface area contributed by atoms with Gasteiger partial charge < -0.3 is 22.1 Å². The summed E-state index contributed by atoms with van der Waals surface area (Å²) in [6, 6.07) is 6.18. The molecule has 0 fully saturated rings. The Kier molecular flexibility index (Phi) is 6.05. The molecule has 0 spiro atoms. The number of primary amides is 2. The van der Waals surface area contributed by atoms with E-state index in [-0.39, 0.29) is 0 Å². The molecule has 1 aromatic carbocycles. The fraction of sp³-hybridized carbons (Fsp3) is 0. The van der Waals surface area contributed by atoms with Crippen LogP contribution in [0, 0.1) is 0 Å². The van der Waals surface area contributed by atoms with Gasteiger partial charge in [-0.05, 0) is 24.3 Å². The van der Waals surface area contributed by atoms with E-state index in [9.17, 15) is 19.2 Å². The van der Waals surface area contributed by atoms with Crippen LogP contribution in [0.2, 0.25) is 0 Å². The van der Waals surface area contributed by atoms with Gasteiger partial charge in [0.15, 0.2) is 0 Å². The van der Waals surface area contributed by atoms with Gasteiger partial charge in [-0.2, -0.15) is 0 Å². The van der Waals surface area contributed by atoms with Gasteiger partial charge in [-0.25, -0.2) is 0 Å². The molecule has 1 rings (SSSR count). The third-order valence-corrected chi connectivity index (χ3v) is 2.22. The standard InChI is InChI=1S/C14H14N4O4/c15-11(19)5-7-13(21)17-9-1-2-10(4-3-9)18-14(22)8-6-12(16)20/h1-8H,(H2,15,19)(H2,16,20)(H,17,21)(H,18,22)/b7-5-,8-6-. The number of nitrogens with one attached hydrogen (secondary N) is 2. The molecule has 0 heterocycles. The van der Waals surface area contributed by atoms with Gasteiger partial charge in [0.2, 0.25) is 23.6 Å². The van der Waals surface area contributed by atoms with Crippen LogP contribution in [0.15, 0.2) is 48.6 Å². The summed E-state index contributed by atoms with van der Waals surface area (Å²) in [6.07, 6.45) is 3.89. The molecule has 22 heavy (non-hydrogen) atoms. The number of benzene rings is 1. The van der Waals surface area contributed by atoms with E-state index in [1.165, 1.54) is 0 Å². The summed E-state index contributed by atoms with van der Waals surface area (Å²) in [5.41, 5.74) is 10.7. The van der Waals surface area contributed by atoms with Crippen molar-refractivity contribution in [3.63, 3.8) is 0 Å². The average Bonchev–Trinajstić information content (AvgIpc) is 2.45. The van der Waals surface area contributed by atoms with Gasteiger partial charge in [-0.3, -0.25) is 19.2 Å². The Morgan fingerprint density at radius 2 is 1.00 bits per heavy atom. The first-order valence-corrected chi connectivity index (χ1v) is 6.04. The van der Waals surface area contributed by atoms with E-state index in [0.717, 1.165) is 24.3 Å². The molecule has 0 unspecified atom stereocenters. The highest BCUT2D eigenvalue weighted by Crippen LogP contribution is 2.13. The molecule has 0 saturated carbocycles. The van der Waals surface area contributed by atoms with Crippen LogP contribution < -0.4 is 22.1 Å². The molecule has 114 valence electrons. The zero-order valence-electron chi connectivity index (χ0n) is 11.4. The van der Waals surface area contributed by atoms with Gasteiger partial charge >= 0.3 is 0 Å². The van der Waals surface area contributed by atoms with Crippen LogP contribution in [0.1, 0.15) is 0 Å².